The molecule has 102 valence electrons. The molecule has 0 aliphatic heterocycles. The van der Waals surface area contributed by atoms with Crippen LogP contribution in [0.2, 0.25) is 0 Å². The molecule has 3 rings (SSSR count). The first kappa shape index (κ1) is 12.3. The fourth-order valence-corrected chi connectivity index (χ4v) is 1.73. The zero-order valence-electron chi connectivity index (χ0n) is 9.83. The summed E-state index contributed by atoms with van der Waals surface area (Å²) in [5.74, 6) is -0.516. The van der Waals surface area contributed by atoms with Crippen molar-refractivity contribution in [1.29, 1.82) is 0 Å². The van der Waals surface area contributed by atoms with E-state index in [0.717, 1.165) is 0 Å². The van der Waals surface area contributed by atoms with Gasteiger partial charge in [0.1, 0.15) is 0 Å². The molecule has 0 radical (unpaired) electrons. The number of nitrogens with one attached hydrogen (secondary N) is 1. The highest BCUT2D eigenvalue weighted by Crippen LogP contribution is 2.23. The maximum Gasteiger partial charge on any atom is 0.484 e. The number of rotatable bonds is 2. The second kappa shape index (κ2) is 4.44. The molecular formula is C11H7F3N6. The Morgan fingerprint density at radius 2 is 1.95 bits per heavy atom. The van der Waals surface area contributed by atoms with Crippen molar-refractivity contribution in [2.75, 3.05) is 5.32 Å². The van der Waals surface area contributed by atoms with Crippen molar-refractivity contribution in [3.05, 3.63) is 36.8 Å². The van der Waals surface area contributed by atoms with Crippen LogP contribution in [0.4, 0.5) is 19.1 Å². The minimum absolute atomic E-state index is 0.328. The van der Waals surface area contributed by atoms with E-state index in [1.165, 1.54) is 28.4 Å². The van der Waals surface area contributed by atoms with Gasteiger partial charge in [-0.05, 0) is 18.2 Å². The summed E-state index contributed by atoms with van der Waals surface area (Å²) in [6.07, 6.45) is -0.292. The third kappa shape index (κ3) is 2.37. The lowest BCUT2D eigenvalue weighted by molar-refractivity contribution is -0.101. The van der Waals surface area contributed by atoms with Crippen molar-refractivity contribution >= 4 is 11.5 Å². The van der Waals surface area contributed by atoms with Crippen LogP contribution >= 0.6 is 0 Å². The van der Waals surface area contributed by atoms with Gasteiger partial charge >= 0.3 is 6.30 Å². The second-order valence-corrected chi connectivity index (χ2v) is 3.84. The molecule has 20 heavy (non-hydrogen) atoms. The van der Waals surface area contributed by atoms with Crippen LogP contribution in [-0.4, -0.2) is 31.1 Å². The molecule has 1 N–H and O–H groups in total. The van der Waals surface area contributed by atoms with E-state index in [9.17, 15) is 13.2 Å². The van der Waals surface area contributed by atoms with Gasteiger partial charge in [-0.2, -0.15) is 28.0 Å². The van der Waals surface area contributed by atoms with Crippen molar-refractivity contribution in [2.24, 2.45) is 0 Å². The van der Waals surface area contributed by atoms with Gasteiger partial charge in [-0.1, -0.05) is 0 Å². The molecular weight excluding hydrogens is 273 g/mol. The van der Waals surface area contributed by atoms with Crippen LogP contribution in [0.15, 0.2) is 36.8 Å². The number of halogens is 3. The Bertz CT molecular complexity index is 751. The van der Waals surface area contributed by atoms with Gasteiger partial charge in [0.15, 0.2) is 0 Å². The molecule has 0 bridgehead atoms. The van der Waals surface area contributed by atoms with E-state index in [4.69, 9.17) is 0 Å². The number of aromatic nitrogens is 5. The Morgan fingerprint density at radius 1 is 1.10 bits per heavy atom. The van der Waals surface area contributed by atoms with Crippen molar-refractivity contribution < 1.29 is 13.2 Å². The van der Waals surface area contributed by atoms with Crippen LogP contribution in [0.25, 0.3) is 16.8 Å². The van der Waals surface area contributed by atoms with Crippen LogP contribution in [0.1, 0.15) is 0 Å². The third-order valence-electron chi connectivity index (χ3n) is 2.49. The largest absolute Gasteiger partial charge is 0.484 e. The van der Waals surface area contributed by atoms with E-state index in [1.807, 2.05) is 0 Å². The maximum atomic E-state index is 12.3. The van der Waals surface area contributed by atoms with Gasteiger partial charge in [0.05, 0.1) is 17.4 Å². The minimum Gasteiger partial charge on any atom is -0.266 e. The Labute approximate surface area is 110 Å². The van der Waals surface area contributed by atoms with Crippen molar-refractivity contribution in [3.63, 3.8) is 0 Å². The normalized spacial score (nSPS) is 11.8. The molecule has 0 aliphatic carbocycles. The summed E-state index contributed by atoms with van der Waals surface area (Å²) in [5, 5.41) is 9.24. The van der Waals surface area contributed by atoms with Crippen LogP contribution < -0.4 is 5.32 Å². The Morgan fingerprint density at radius 3 is 2.75 bits per heavy atom. The number of anilines is 1. The van der Waals surface area contributed by atoms with Crippen molar-refractivity contribution in [1.82, 2.24) is 24.8 Å². The first-order valence-electron chi connectivity index (χ1n) is 5.50. The Balaban J connectivity index is 2.04. The summed E-state index contributed by atoms with van der Waals surface area (Å²) in [6.45, 7) is 0. The number of fused-ring (bicyclic) bond motifs is 1. The SMILES string of the molecule is FC(F)(F)Nc1nccc(-c2cnn3ncccc23)n1. The van der Waals surface area contributed by atoms with Gasteiger partial charge in [-0.15, -0.1) is 0 Å². The number of nitrogens with zero attached hydrogens (tertiary/aromatic N) is 5. The maximum absolute atomic E-state index is 12.3. The van der Waals surface area contributed by atoms with Gasteiger partial charge in [0, 0.05) is 18.0 Å². The predicted octanol–water partition coefficient (Wildman–Crippen LogP) is 2.12. The lowest BCUT2D eigenvalue weighted by Gasteiger charge is -2.08. The lowest BCUT2D eigenvalue weighted by Crippen LogP contribution is -2.22. The van der Waals surface area contributed by atoms with Crippen molar-refractivity contribution in [3.8, 4) is 11.3 Å². The highest BCUT2D eigenvalue weighted by atomic mass is 19.4. The van der Waals surface area contributed by atoms with Crippen LogP contribution in [0.5, 0.6) is 0 Å². The van der Waals surface area contributed by atoms with E-state index in [1.54, 1.807) is 18.3 Å². The highest BCUT2D eigenvalue weighted by molar-refractivity contribution is 5.77. The summed E-state index contributed by atoms with van der Waals surface area (Å²) in [5.41, 5.74) is 1.55. The Hall–Kier alpha value is -2.71. The molecule has 3 aromatic rings. The first-order valence-corrected chi connectivity index (χ1v) is 5.50. The van der Waals surface area contributed by atoms with Crippen LogP contribution in [0, 0.1) is 0 Å². The first-order chi connectivity index (χ1) is 9.53. The number of hydrogen-bond acceptors (Lipinski definition) is 5. The van der Waals surface area contributed by atoms with E-state index in [2.05, 4.69) is 20.2 Å². The van der Waals surface area contributed by atoms with Crippen LogP contribution in [-0.2, 0) is 0 Å². The molecule has 3 aromatic heterocycles. The molecule has 0 aliphatic rings. The average Bonchev–Trinajstić information content (AvgIpc) is 2.81. The highest BCUT2D eigenvalue weighted by Gasteiger charge is 2.28. The fraction of sp³-hybridized carbons (Fsp3) is 0.0909. The minimum atomic E-state index is -4.58. The van der Waals surface area contributed by atoms with Crippen LogP contribution in [0.3, 0.4) is 0 Å². The van der Waals surface area contributed by atoms with Gasteiger partial charge in [0.25, 0.3) is 0 Å². The number of hydrogen-bond donors (Lipinski definition) is 1. The predicted molar refractivity (Wildman–Crippen MR) is 63.7 cm³/mol. The quantitative estimate of drug-likeness (QED) is 0.728. The summed E-state index contributed by atoms with van der Waals surface area (Å²) in [4.78, 5) is 7.36. The van der Waals surface area contributed by atoms with Gasteiger partial charge in [-0.3, -0.25) is 5.32 Å². The smallest absolute Gasteiger partial charge is 0.266 e. The van der Waals surface area contributed by atoms with E-state index >= 15 is 0 Å². The lowest BCUT2D eigenvalue weighted by atomic mass is 10.2. The molecule has 6 nitrogen and oxygen atoms in total. The average molecular weight is 280 g/mol. The molecule has 0 atom stereocenters. The van der Waals surface area contributed by atoms with E-state index < -0.39 is 12.2 Å². The standard InChI is InChI=1S/C11H7F3N6/c12-11(13,14)19-10-15-5-3-8(18-10)7-6-17-20-9(7)2-1-4-16-20/h1-6H,(H,15,18,19). The van der Waals surface area contributed by atoms with E-state index in [0.29, 0.717) is 16.8 Å². The summed E-state index contributed by atoms with van der Waals surface area (Å²) < 4.78 is 38.1. The fourth-order valence-electron chi connectivity index (χ4n) is 1.73. The second-order valence-electron chi connectivity index (χ2n) is 3.84. The molecule has 0 spiro atoms. The Kier molecular flexibility index (Phi) is 2.74. The van der Waals surface area contributed by atoms with E-state index in [-0.39, 0.29) is 0 Å². The van der Waals surface area contributed by atoms with Gasteiger partial charge in [-0.25, -0.2) is 9.97 Å². The van der Waals surface area contributed by atoms with Crippen molar-refractivity contribution in [2.45, 2.75) is 6.30 Å². The number of alkyl halides is 3. The molecule has 0 amide bonds. The summed E-state index contributed by atoms with van der Waals surface area (Å²) in [6, 6.07) is 4.95. The summed E-state index contributed by atoms with van der Waals surface area (Å²) in [7, 11) is 0. The van der Waals surface area contributed by atoms with Gasteiger partial charge in [0.2, 0.25) is 5.95 Å². The molecule has 9 heteroatoms. The topological polar surface area (TPSA) is 68.0 Å². The molecule has 0 unspecified atom stereocenters. The zero-order valence-corrected chi connectivity index (χ0v) is 9.83. The summed E-state index contributed by atoms with van der Waals surface area (Å²) >= 11 is 0. The zero-order chi connectivity index (χ0) is 14.2. The molecule has 0 saturated heterocycles. The monoisotopic (exact) mass is 280 g/mol. The third-order valence-corrected chi connectivity index (χ3v) is 2.49. The molecule has 0 aromatic carbocycles. The molecule has 3 heterocycles. The van der Waals surface area contributed by atoms with Gasteiger partial charge < -0.3 is 0 Å². The molecule has 0 fully saturated rings. The molecule has 0 saturated carbocycles.